The van der Waals surface area contributed by atoms with E-state index >= 15 is 0 Å². The first kappa shape index (κ1) is 16.9. The van der Waals surface area contributed by atoms with E-state index in [2.05, 4.69) is 10.6 Å². The lowest BCUT2D eigenvalue weighted by molar-refractivity contribution is 0.244. The highest BCUT2D eigenvalue weighted by molar-refractivity contribution is 7.10. The van der Waals surface area contributed by atoms with E-state index in [1.807, 2.05) is 42.6 Å². The maximum absolute atomic E-state index is 13.1. The Morgan fingerprint density at radius 3 is 2.83 bits per heavy atom. The van der Waals surface area contributed by atoms with Crippen LogP contribution in [0.5, 0.6) is 0 Å². The van der Waals surface area contributed by atoms with Crippen LogP contribution in [0.4, 0.5) is 14.9 Å². The number of amides is 2. The first-order valence-electron chi connectivity index (χ1n) is 6.95. The monoisotopic (exact) mass is 332 g/mol. The van der Waals surface area contributed by atoms with Crippen LogP contribution in [0.1, 0.15) is 16.5 Å². The Morgan fingerprint density at radius 1 is 1.43 bits per heavy atom. The highest BCUT2D eigenvalue weighted by atomic mass is 32.1. The molecule has 1 aromatic carbocycles. The normalized spacial score (nSPS) is 11.8. The average molecular weight is 332 g/mol. The quantitative estimate of drug-likeness (QED) is 0.883. The Kier molecular flexibility index (Phi) is 5.68. The van der Waals surface area contributed by atoms with E-state index in [4.69, 9.17) is 5.26 Å². The topological polar surface area (TPSA) is 68.2 Å². The lowest BCUT2D eigenvalue weighted by Gasteiger charge is -2.23. The number of thiophene rings is 1. The largest absolute Gasteiger partial charge is 0.336 e. The molecule has 0 saturated carbocycles. The van der Waals surface area contributed by atoms with Gasteiger partial charge in [-0.3, -0.25) is 0 Å². The fourth-order valence-corrected chi connectivity index (χ4v) is 3.02. The van der Waals surface area contributed by atoms with Gasteiger partial charge < -0.3 is 15.5 Å². The predicted octanol–water partition coefficient (Wildman–Crippen LogP) is 3.18. The molecule has 2 N–H and O–H groups in total. The minimum absolute atomic E-state index is 0.0596. The Balaban J connectivity index is 1.99. The van der Waals surface area contributed by atoms with Gasteiger partial charge in [0.2, 0.25) is 0 Å². The van der Waals surface area contributed by atoms with Gasteiger partial charge in [0, 0.05) is 11.4 Å². The van der Waals surface area contributed by atoms with Crippen LogP contribution in [-0.2, 0) is 0 Å². The summed E-state index contributed by atoms with van der Waals surface area (Å²) in [6.45, 7) is 0.419. The molecule has 2 amide bonds. The summed E-state index contributed by atoms with van der Waals surface area (Å²) in [5.74, 6) is -0.516. The number of anilines is 1. The molecule has 23 heavy (non-hydrogen) atoms. The smallest absolute Gasteiger partial charge is 0.319 e. The third-order valence-electron chi connectivity index (χ3n) is 3.30. The van der Waals surface area contributed by atoms with Crippen molar-refractivity contribution in [1.29, 1.82) is 5.26 Å². The molecule has 0 saturated heterocycles. The number of rotatable bonds is 5. The zero-order valence-corrected chi connectivity index (χ0v) is 13.7. The lowest BCUT2D eigenvalue weighted by Crippen LogP contribution is -2.36. The van der Waals surface area contributed by atoms with Crippen molar-refractivity contribution in [2.24, 2.45) is 0 Å². The molecule has 0 fully saturated rings. The van der Waals surface area contributed by atoms with Gasteiger partial charge in [0.05, 0.1) is 17.3 Å². The van der Waals surface area contributed by atoms with Crippen LogP contribution in [0.25, 0.3) is 0 Å². The third-order valence-corrected chi connectivity index (χ3v) is 4.27. The number of likely N-dealkylation sites (N-methyl/N-ethyl adjacent to an activating group) is 1. The molecule has 5 nitrogen and oxygen atoms in total. The Morgan fingerprint density at radius 2 is 2.22 bits per heavy atom. The van der Waals surface area contributed by atoms with Crippen molar-refractivity contribution in [3.8, 4) is 6.07 Å². The van der Waals surface area contributed by atoms with Crippen molar-refractivity contribution in [3.63, 3.8) is 0 Å². The summed E-state index contributed by atoms with van der Waals surface area (Å²) < 4.78 is 13.1. The van der Waals surface area contributed by atoms with E-state index in [0.717, 1.165) is 10.9 Å². The Bertz CT molecular complexity index is 709. The molecule has 1 atom stereocenters. The van der Waals surface area contributed by atoms with Gasteiger partial charge in [-0.15, -0.1) is 11.3 Å². The van der Waals surface area contributed by atoms with E-state index in [-0.39, 0.29) is 17.3 Å². The number of carbonyl (C=O) groups excluding carboxylic acids is 1. The summed E-state index contributed by atoms with van der Waals surface area (Å²) in [6.07, 6.45) is 0. The number of carbonyl (C=O) groups is 1. The second kappa shape index (κ2) is 7.72. The summed E-state index contributed by atoms with van der Waals surface area (Å²) in [5.41, 5.74) is 0.367. The number of benzene rings is 1. The number of nitrogens with one attached hydrogen (secondary N) is 2. The Labute approximate surface area is 138 Å². The summed E-state index contributed by atoms with van der Waals surface area (Å²) in [4.78, 5) is 15.2. The number of halogens is 1. The average Bonchev–Trinajstić information content (AvgIpc) is 3.03. The third kappa shape index (κ3) is 4.52. The fraction of sp³-hybridized carbons (Fsp3) is 0.250. The minimum atomic E-state index is -0.516. The minimum Gasteiger partial charge on any atom is -0.336 e. The molecule has 2 aromatic rings. The molecule has 7 heteroatoms. The molecule has 1 unspecified atom stereocenters. The SMILES string of the molecule is CN(C)C(CNC(=O)Nc1ccc(F)cc1C#N)c1cccs1. The Hall–Kier alpha value is -2.43. The van der Waals surface area contributed by atoms with Gasteiger partial charge in [-0.25, -0.2) is 9.18 Å². The number of urea groups is 1. The molecule has 1 heterocycles. The van der Waals surface area contributed by atoms with Crippen molar-refractivity contribution >= 4 is 23.1 Å². The molecule has 120 valence electrons. The molecule has 0 aliphatic heterocycles. The van der Waals surface area contributed by atoms with Gasteiger partial charge in [0.1, 0.15) is 11.9 Å². The number of hydrogen-bond donors (Lipinski definition) is 2. The van der Waals surface area contributed by atoms with E-state index in [9.17, 15) is 9.18 Å². The lowest BCUT2D eigenvalue weighted by atomic mass is 10.2. The van der Waals surface area contributed by atoms with Crippen LogP contribution in [0, 0.1) is 17.1 Å². The van der Waals surface area contributed by atoms with Crippen molar-refractivity contribution < 1.29 is 9.18 Å². The van der Waals surface area contributed by atoms with Crippen LogP contribution in [0.2, 0.25) is 0 Å². The van der Waals surface area contributed by atoms with E-state index < -0.39 is 11.8 Å². The highest BCUT2D eigenvalue weighted by Gasteiger charge is 2.16. The van der Waals surface area contributed by atoms with Crippen LogP contribution in [0.3, 0.4) is 0 Å². The van der Waals surface area contributed by atoms with Gasteiger partial charge in [0.25, 0.3) is 0 Å². The highest BCUT2D eigenvalue weighted by Crippen LogP contribution is 2.22. The maximum Gasteiger partial charge on any atom is 0.319 e. The van der Waals surface area contributed by atoms with Crippen LogP contribution >= 0.6 is 11.3 Å². The van der Waals surface area contributed by atoms with Crippen molar-refractivity contribution in [2.75, 3.05) is 26.0 Å². The molecule has 0 spiro atoms. The summed E-state index contributed by atoms with van der Waals surface area (Å²) >= 11 is 1.62. The molecule has 1 aromatic heterocycles. The zero-order valence-electron chi connectivity index (χ0n) is 12.8. The van der Waals surface area contributed by atoms with Crippen LogP contribution in [-0.4, -0.2) is 31.6 Å². The van der Waals surface area contributed by atoms with Crippen molar-refractivity contribution in [3.05, 3.63) is 52.0 Å². The number of hydrogen-bond acceptors (Lipinski definition) is 4. The summed E-state index contributed by atoms with van der Waals surface area (Å²) in [7, 11) is 3.88. The second-order valence-corrected chi connectivity index (χ2v) is 6.11. The number of nitriles is 1. The molecule has 2 rings (SSSR count). The standard InChI is InChI=1S/C16H17FN4OS/c1-21(2)14(15-4-3-7-23-15)10-19-16(22)20-13-6-5-12(17)8-11(13)9-18/h3-8,14H,10H2,1-2H3,(H2,19,20,22). The molecular formula is C16H17FN4OS. The van der Waals surface area contributed by atoms with Gasteiger partial charge in [-0.1, -0.05) is 6.07 Å². The second-order valence-electron chi connectivity index (χ2n) is 5.13. The van der Waals surface area contributed by atoms with E-state index in [0.29, 0.717) is 6.54 Å². The van der Waals surface area contributed by atoms with Gasteiger partial charge >= 0.3 is 6.03 Å². The molecule has 0 radical (unpaired) electrons. The maximum atomic E-state index is 13.1. The van der Waals surface area contributed by atoms with Crippen LogP contribution < -0.4 is 10.6 Å². The molecule has 0 aliphatic rings. The van der Waals surface area contributed by atoms with Crippen LogP contribution in [0.15, 0.2) is 35.7 Å². The first-order valence-corrected chi connectivity index (χ1v) is 7.83. The summed E-state index contributed by atoms with van der Waals surface area (Å²) in [6, 6.07) is 9.12. The first-order chi connectivity index (χ1) is 11.0. The van der Waals surface area contributed by atoms with Gasteiger partial charge in [-0.2, -0.15) is 5.26 Å². The molecular weight excluding hydrogens is 315 g/mol. The van der Waals surface area contributed by atoms with Gasteiger partial charge in [-0.05, 0) is 43.7 Å². The molecule has 0 bridgehead atoms. The van der Waals surface area contributed by atoms with Gasteiger partial charge in [0.15, 0.2) is 0 Å². The number of nitrogens with zero attached hydrogens (tertiary/aromatic N) is 2. The van der Waals surface area contributed by atoms with Crippen molar-refractivity contribution in [1.82, 2.24) is 10.2 Å². The summed E-state index contributed by atoms with van der Waals surface area (Å²) in [5, 5.41) is 16.3. The molecule has 0 aliphatic carbocycles. The van der Waals surface area contributed by atoms with E-state index in [1.54, 1.807) is 11.3 Å². The zero-order chi connectivity index (χ0) is 16.8. The van der Waals surface area contributed by atoms with E-state index in [1.165, 1.54) is 12.1 Å². The fourth-order valence-electron chi connectivity index (χ4n) is 2.09. The van der Waals surface area contributed by atoms with Crippen molar-refractivity contribution in [2.45, 2.75) is 6.04 Å². The predicted molar refractivity (Wildman–Crippen MR) is 88.9 cm³/mol.